The van der Waals surface area contributed by atoms with E-state index in [9.17, 15) is 9.59 Å². The first-order valence-electron chi connectivity index (χ1n) is 6.06. The SMILES string of the molecule is CC1(C)CCCC2(C)C(=O)C(C(=O)O)CC12. The number of hydrogen-bond donors (Lipinski definition) is 1. The maximum atomic E-state index is 12.2. The molecular weight excluding hydrogens is 204 g/mol. The number of rotatable bonds is 1. The molecule has 2 fully saturated rings. The lowest BCUT2D eigenvalue weighted by atomic mass is 9.58. The van der Waals surface area contributed by atoms with E-state index >= 15 is 0 Å². The molecule has 3 heteroatoms. The number of ketones is 1. The van der Waals surface area contributed by atoms with Crippen LogP contribution >= 0.6 is 0 Å². The second-order valence-electron chi connectivity index (χ2n) is 6.30. The Labute approximate surface area is 96.2 Å². The van der Waals surface area contributed by atoms with Crippen LogP contribution in [-0.2, 0) is 9.59 Å². The molecule has 0 aromatic rings. The normalized spacial score (nSPS) is 41.8. The first-order valence-corrected chi connectivity index (χ1v) is 6.06. The van der Waals surface area contributed by atoms with Gasteiger partial charge in [0.1, 0.15) is 5.92 Å². The molecule has 0 bridgehead atoms. The molecule has 3 nitrogen and oxygen atoms in total. The maximum Gasteiger partial charge on any atom is 0.314 e. The summed E-state index contributed by atoms with van der Waals surface area (Å²) in [6.45, 7) is 6.32. The zero-order chi connectivity index (χ0) is 12.1. The molecule has 2 aliphatic rings. The highest BCUT2D eigenvalue weighted by Gasteiger charge is 2.59. The Bertz CT molecular complexity index is 345. The second-order valence-corrected chi connectivity index (χ2v) is 6.30. The fourth-order valence-corrected chi connectivity index (χ4v) is 3.95. The first-order chi connectivity index (χ1) is 7.29. The van der Waals surface area contributed by atoms with Crippen LogP contribution in [0.3, 0.4) is 0 Å². The summed E-state index contributed by atoms with van der Waals surface area (Å²) in [4.78, 5) is 23.3. The summed E-state index contributed by atoms with van der Waals surface area (Å²) in [6, 6.07) is 0. The van der Waals surface area contributed by atoms with Gasteiger partial charge in [0, 0.05) is 5.41 Å². The molecule has 3 atom stereocenters. The van der Waals surface area contributed by atoms with Crippen LogP contribution < -0.4 is 0 Å². The van der Waals surface area contributed by atoms with Crippen molar-refractivity contribution in [2.45, 2.75) is 46.5 Å². The topological polar surface area (TPSA) is 54.4 Å². The monoisotopic (exact) mass is 224 g/mol. The molecule has 0 radical (unpaired) electrons. The van der Waals surface area contributed by atoms with Crippen LogP contribution in [0, 0.1) is 22.7 Å². The van der Waals surface area contributed by atoms with E-state index in [1.165, 1.54) is 0 Å². The molecule has 0 aliphatic heterocycles. The number of fused-ring (bicyclic) bond motifs is 1. The van der Waals surface area contributed by atoms with Gasteiger partial charge < -0.3 is 5.11 Å². The standard InChI is InChI=1S/C13H20O3/c1-12(2)5-4-6-13(3)9(12)7-8(10(13)14)11(15)16/h8-9H,4-7H2,1-3H3,(H,15,16). The maximum absolute atomic E-state index is 12.2. The Hall–Kier alpha value is -0.860. The number of carboxylic acids is 1. The van der Waals surface area contributed by atoms with E-state index in [0.717, 1.165) is 19.3 Å². The molecule has 16 heavy (non-hydrogen) atoms. The van der Waals surface area contributed by atoms with Gasteiger partial charge in [0.25, 0.3) is 0 Å². The highest BCUT2D eigenvalue weighted by atomic mass is 16.4. The number of hydrogen-bond acceptors (Lipinski definition) is 2. The van der Waals surface area contributed by atoms with Crippen molar-refractivity contribution in [2.75, 3.05) is 0 Å². The number of carbonyl (C=O) groups is 2. The minimum absolute atomic E-state index is 0.0298. The van der Waals surface area contributed by atoms with Gasteiger partial charge in [-0.2, -0.15) is 0 Å². The summed E-state index contributed by atoms with van der Waals surface area (Å²) in [5, 5.41) is 9.09. The van der Waals surface area contributed by atoms with Crippen molar-refractivity contribution in [1.82, 2.24) is 0 Å². The van der Waals surface area contributed by atoms with Crippen LogP contribution in [-0.4, -0.2) is 16.9 Å². The van der Waals surface area contributed by atoms with Crippen molar-refractivity contribution >= 4 is 11.8 Å². The predicted octanol–water partition coefficient (Wildman–Crippen LogP) is 2.49. The van der Waals surface area contributed by atoms with E-state index < -0.39 is 11.9 Å². The Kier molecular flexibility index (Phi) is 2.41. The van der Waals surface area contributed by atoms with Crippen LogP contribution in [0.15, 0.2) is 0 Å². The molecule has 0 spiro atoms. The van der Waals surface area contributed by atoms with E-state index in [4.69, 9.17) is 5.11 Å². The molecule has 3 unspecified atom stereocenters. The summed E-state index contributed by atoms with van der Waals surface area (Å²) in [7, 11) is 0. The average molecular weight is 224 g/mol. The smallest absolute Gasteiger partial charge is 0.314 e. The van der Waals surface area contributed by atoms with E-state index in [1.54, 1.807) is 0 Å². The number of carbonyl (C=O) groups excluding carboxylic acids is 1. The van der Waals surface area contributed by atoms with Crippen molar-refractivity contribution in [2.24, 2.45) is 22.7 Å². The second kappa shape index (κ2) is 3.31. The van der Waals surface area contributed by atoms with Crippen molar-refractivity contribution in [1.29, 1.82) is 0 Å². The van der Waals surface area contributed by atoms with Gasteiger partial charge in [-0.25, -0.2) is 0 Å². The molecule has 1 N–H and O–H groups in total. The molecular formula is C13H20O3. The Morgan fingerprint density at radius 1 is 1.31 bits per heavy atom. The van der Waals surface area contributed by atoms with Crippen molar-refractivity contribution in [3.05, 3.63) is 0 Å². The third kappa shape index (κ3) is 1.40. The molecule has 2 aliphatic carbocycles. The minimum atomic E-state index is -0.934. The van der Waals surface area contributed by atoms with Gasteiger partial charge in [-0.3, -0.25) is 9.59 Å². The zero-order valence-corrected chi connectivity index (χ0v) is 10.2. The molecule has 0 aromatic heterocycles. The lowest BCUT2D eigenvalue weighted by molar-refractivity contribution is -0.147. The lowest BCUT2D eigenvalue weighted by Crippen LogP contribution is -2.42. The van der Waals surface area contributed by atoms with Crippen molar-refractivity contribution < 1.29 is 14.7 Å². The zero-order valence-electron chi connectivity index (χ0n) is 10.2. The Morgan fingerprint density at radius 3 is 2.44 bits per heavy atom. The van der Waals surface area contributed by atoms with Crippen LogP contribution in [0.25, 0.3) is 0 Å². The molecule has 0 amide bonds. The minimum Gasteiger partial charge on any atom is -0.481 e. The van der Waals surface area contributed by atoms with Gasteiger partial charge in [0.05, 0.1) is 0 Å². The molecule has 2 saturated carbocycles. The summed E-state index contributed by atoms with van der Waals surface area (Å²) in [5.41, 5.74) is -0.280. The summed E-state index contributed by atoms with van der Waals surface area (Å²) in [5.74, 6) is -1.48. The third-order valence-electron chi connectivity index (χ3n) is 4.88. The lowest BCUT2D eigenvalue weighted by Gasteiger charge is -2.46. The third-order valence-corrected chi connectivity index (χ3v) is 4.88. The fourth-order valence-electron chi connectivity index (χ4n) is 3.95. The van der Waals surface area contributed by atoms with Gasteiger partial charge >= 0.3 is 5.97 Å². The summed E-state index contributed by atoms with van der Waals surface area (Å²) in [6.07, 6.45) is 3.55. The Balaban J connectivity index is 2.38. The van der Waals surface area contributed by atoms with Crippen LogP contribution in [0.1, 0.15) is 46.5 Å². The van der Waals surface area contributed by atoms with E-state index in [1.807, 2.05) is 6.92 Å². The van der Waals surface area contributed by atoms with E-state index in [2.05, 4.69) is 13.8 Å². The molecule has 0 heterocycles. The van der Waals surface area contributed by atoms with E-state index in [-0.39, 0.29) is 22.5 Å². The number of Topliss-reactive ketones (excluding diaryl/α,β-unsaturated/α-hetero) is 1. The van der Waals surface area contributed by atoms with E-state index in [0.29, 0.717) is 6.42 Å². The first kappa shape index (κ1) is 11.6. The quantitative estimate of drug-likeness (QED) is 0.696. The number of aliphatic carboxylic acids is 1. The number of carboxylic acid groups (broad SMARTS) is 1. The molecule has 2 rings (SSSR count). The summed E-state index contributed by atoms with van der Waals surface area (Å²) >= 11 is 0. The highest BCUT2D eigenvalue weighted by Crippen LogP contribution is 2.59. The predicted molar refractivity (Wildman–Crippen MR) is 60.0 cm³/mol. The highest BCUT2D eigenvalue weighted by molar-refractivity contribution is 6.03. The van der Waals surface area contributed by atoms with Crippen LogP contribution in [0.2, 0.25) is 0 Å². The van der Waals surface area contributed by atoms with Crippen molar-refractivity contribution in [3.63, 3.8) is 0 Å². The van der Waals surface area contributed by atoms with Gasteiger partial charge in [-0.15, -0.1) is 0 Å². The summed E-state index contributed by atoms with van der Waals surface area (Å²) < 4.78 is 0. The van der Waals surface area contributed by atoms with Gasteiger partial charge in [-0.1, -0.05) is 27.2 Å². The Morgan fingerprint density at radius 2 is 1.94 bits per heavy atom. The van der Waals surface area contributed by atoms with Crippen LogP contribution in [0.5, 0.6) is 0 Å². The molecule has 0 saturated heterocycles. The van der Waals surface area contributed by atoms with Gasteiger partial charge in [0.2, 0.25) is 0 Å². The average Bonchev–Trinajstić information content (AvgIpc) is 2.40. The molecule has 90 valence electrons. The van der Waals surface area contributed by atoms with Crippen LogP contribution in [0.4, 0.5) is 0 Å². The van der Waals surface area contributed by atoms with Crippen molar-refractivity contribution in [3.8, 4) is 0 Å². The van der Waals surface area contributed by atoms with Gasteiger partial charge in [0.15, 0.2) is 5.78 Å². The fraction of sp³-hybridized carbons (Fsp3) is 0.846. The van der Waals surface area contributed by atoms with Gasteiger partial charge in [-0.05, 0) is 30.6 Å². The molecule has 0 aromatic carbocycles. The largest absolute Gasteiger partial charge is 0.481 e.